The second kappa shape index (κ2) is 8.13. The second-order valence-corrected chi connectivity index (χ2v) is 7.90. The lowest BCUT2D eigenvalue weighted by atomic mass is 10.2. The van der Waals surface area contributed by atoms with Crippen LogP contribution in [0.2, 0.25) is 0 Å². The van der Waals surface area contributed by atoms with Gasteiger partial charge in [0.25, 0.3) is 5.56 Å². The Hall–Kier alpha value is -1.38. The normalized spacial score (nSPS) is 11.4. The number of rotatable bonds is 7. The van der Waals surface area contributed by atoms with E-state index >= 15 is 0 Å². The molecule has 0 spiro atoms. The van der Waals surface area contributed by atoms with Crippen LogP contribution in [0.3, 0.4) is 0 Å². The third-order valence-electron chi connectivity index (χ3n) is 3.68. The first-order chi connectivity index (χ1) is 11.4. The summed E-state index contributed by atoms with van der Waals surface area (Å²) >= 11 is 2.82. The van der Waals surface area contributed by atoms with Gasteiger partial charge in [0.1, 0.15) is 4.83 Å². The smallest absolute Gasteiger partial charge is 0.263 e. The lowest BCUT2D eigenvalue weighted by molar-refractivity contribution is -0.118. The Morgan fingerprint density at radius 2 is 2.12 bits per heavy atom. The minimum absolute atomic E-state index is 0.0203. The van der Waals surface area contributed by atoms with Gasteiger partial charge in [-0.15, -0.1) is 11.3 Å². The molecule has 6 nitrogen and oxygen atoms in total. The van der Waals surface area contributed by atoms with Crippen molar-refractivity contribution in [1.29, 1.82) is 0 Å². The van der Waals surface area contributed by atoms with Gasteiger partial charge in [0.05, 0.1) is 17.7 Å². The van der Waals surface area contributed by atoms with Crippen LogP contribution in [-0.4, -0.2) is 41.5 Å². The molecule has 0 radical (unpaired) electrons. The maximum absolute atomic E-state index is 12.9. The first-order valence-electron chi connectivity index (χ1n) is 7.77. The van der Waals surface area contributed by atoms with Crippen molar-refractivity contribution in [1.82, 2.24) is 14.9 Å². The maximum atomic E-state index is 12.9. The molecular weight excluding hydrogens is 346 g/mol. The molecule has 1 N–H and O–H groups in total. The molecule has 0 atom stereocenters. The van der Waals surface area contributed by atoms with Gasteiger partial charge in [0, 0.05) is 24.6 Å². The van der Waals surface area contributed by atoms with Gasteiger partial charge in [-0.2, -0.15) is 0 Å². The number of nitrogens with one attached hydrogen (secondary N) is 1. The summed E-state index contributed by atoms with van der Waals surface area (Å²) in [5.41, 5.74) is 0.967. The average molecular weight is 370 g/mol. The SMILES string of the molecule is COCCNC(=O)CSc1nc2sc(C)c(C)c2c(=O)n1C(C)C. The molecule has 2 aromatic heterocycles. The van der Waals surface area contributed by atoms with E-state index in [2.05, 4.69) is 10.3 Å². The summed E-state index contributed by atoms with van der Waals surface area (Å²) in [4.78, 5) is 31.3. The van der Waals surface area contributed by atoms with E-state index in [-0.39, 0.29) is 23.3 Å². The Balaban J connectivity index is 2.30. The first-order valence-corrected chi connectivity index (χ1v) is 9.57. The Bertz CT molecular complexity index is 796. The monoisotopic (exact) mass is 369 g/mol. The van der Waals surface area contributed by atoms with Crippen molar-refractivity contribution >= 4 is 39.2 Å². The number of fused-ring (bicyclic) bond motifs is 1. The highest BCUT2D eigenvalue weighted by Crippen LogP contribution is 2.29. The highest BCUT2D eigenvalue weighted by atomic mass is 32.2. The topological polar surface area (TPSA) is 73.2 Å². The number of hydrogen-bond donors (Lipinski definition) is 1. The van der Waals surface area contributed by atoms with E-state index in [4.69, 9.17) is 4.74 Å². The molecule has 0 aliphatic rings. The third-order valence-corrected chi connectivity index (χ3v) is 5.73. The number of aryl methyl sites for hydroxylation is 2. The van der Waals surface area contributed by atoms with Crippen molar-refractivity contribution in [3.05, 3.63) is 20.8 Å². The predicted molar refractivity (Wildman–Crippen MR) is 99.3 cm³/mol. The summed E-state index contributed by atoms with van der Waals surface area (Å²) in [6.07, 6.45) is 0. The lowest BCUT2D eigenvalue weighted by Gasteiger charge is -2.15. The Labute approximate surface area is 149 Å². The van der Waals surface area contributed by atoms with Crippen LogP contribution in [0.15, 0.2) is 9.95 Å². The second-order valence-electron chi connectivity index (χ2n) is 5.76. The number of nitrogens with zero attached hydrogens (tertiary/aromatic N) is 2. The molecule has 2 rings (SSSR count). The van der Waals surface area contributed by atoms with Crippen molar-refractivity contribution in [2.24, 2.45) is 0 Å². The molecule has 1 amide bonds. The molecule has 0 aromatic carbocycles. The summed E-state index contributed by atoms with van der Waals surface area (Å²) in [6.45, 7) is 8.81. The Morgan fingerprint density at radius 3 is 2.75 bits per heavy atom. The summed E-state index contributed by atoms with van der Waals surface area (Å²) < 4.78 is 6.58. The zero-order valence-corrected chi connectivity index (χ0v) is 16.3. The first kappa shape index (κ1) is 19.0. The van der Waals surface area contributed by atoms with Gasteiger partial charge in [0.15, 0.2) is 5.16 Å². The van der Waals surface area contributed by atoms with Gasteiger partial charge < -0.3 is 10.1 Å². The van der Waals surface area contributed by atoms with Crippen LogP contribution in [0.25, 0.3) is 10.2 Å². The van der Waals surface area contributed by atoms with E-state index in [0.717, 1.165) is 15.3 Å². The summed E-state index contributed by atoms with van der Waals surface area (Å²) in [7, 11) is 1.59. The number of carbonyl (C=O) groups is 1. The minimum Gasteiger partial charge on any atom is -0.383 e. The van der Waals surface area contributed by atoms with Crippen LogP contribution in [0.4, 0.5) is 0 Å². The van der Waals surface area contributed by atoms with Crippen molar-refractivity contribution in [3.63, 3.8) is 0 Å². The van der Waals surface area contributed by atoms with Crippen molar-refractivity contribution in [3.8, 4) is 0 Å². The molecule has 0 saturated carbocycles. The zero-order valence-electron chi connectivity index (χ0n) is 14.6. The highest BCUT2D eigenvalue weighted by molar-refractivity contribution is 7.99. The number of thiophene rings is 1. The average Bonchev–Trinajstić information content (AvgIpc) is 2.80. The largest absolute Gasteiger partial charge is 0.383 e. The molecule has 0 aliphatic carbocycles. The standard InChI is InChI=1S/C16H23N3O3S2/c1-9(2)19-15(21)13-10(3)11(4)24-14(13)18-16(19)23-8-12(20)17-6-7-22-5/h9H,6-8H2,1-5H3,(H,17,20). The molecule has 0 aliphatic heterocycles. The summed E-state index contributed by atoms with van der Waals surface area (Å²) in [6, 6.07) is -0.0203. The number of aromatic nitrogens is 2. The minimum atomic E-state index is -0.0970. The van der Waals surface area contributed by atoms with Gasteiger partial charge in [-0.25, -0.2) is 4.98 Å². The fourth-order valence-corrected chi connectivity index (χ4v) is 4.35. The van der Waals surface area contributed by atoms with Gasteiger partial charge in [0.2, 0.25) is 5.91 Å². The molecule has 2 aromatic rings. The quantitative estimate of drug-likeness (QED) is 0.461. The van der Waals surface area contributed by atoms with Crippen LogP contribution in [-0.2, 0) is 9.53 Å². The van der Waals surface area contributed by atoms with E-state index in [1.54, 1.807) is 11.7 Å². The number of carbonyl (C=O) groups excluding carboxylic acids is 1. The third kappa shape index (κ3) is 3.99. The summed E-state index contributed by atoms with van der Waals surface area (Å²) in [5, 5.41) is 4.05. The molecule has 24 heavy (non-hydrogen) atoms. The number of thioether (sulfide) groups is 1. The van der Waals surface area contributed by atoms with E-state index < -0.39 is 0 Å². The van der Waals surface area contributed by atoms with Gasteiger partial charge in [-0.1, -0.05) is 11.8 Å². The van der Waals surface area contributed by atoms with Crippen LogP contribution in [0.5, 0.6) is 0 Å². The number of hydrogen-bond acceptors (Lipinski definition) is 6. The molecular formula is C16H23N3O3S2. The maximum Gasteiger partial charge on any atom is 0.263 e. The molecule has 0 fully saturated rings. The molecule has 0 bridgehead atoms. The Morgan fingerprint density at radius 1 is 1.42 bits per heavy atom. The van der Waals surface area contributed by atoms with Crippen molar-refractivity contribution in [2.45, 2.75) is 38.9 Å². The molecule has 2 heterocycles. The molecule has 0 saturated heterocycles. The fourth-order valence-electron chi connectivity index (χ4n) is 2.32. The van der Waals surface area contributed by atoms with Gasteiger partial charge >= 0.3 is 0 Å². The predicted octanol–water partition coefficient (Wildman–Crippen LogP) is 2.51. The molecule has 0 unspecified atom stereocenters. The zero-order chi connectivity index (χ0) is 17.9. The van der Waals surface area contributed by atoms with Gasteiger partial charge in [-0.05, 0) is 33.3 Å². The van der Waals surface area contributed by atoms with Crippen LogP contribution >= 0.6 is 23.1 Å². The molecule has 8 heteroatoms. The molecule has 132 valence electrons. The number of ether oxygens (including phenoxy) is 1. The van der Waals surface area contributed by atoms with Crippen molar-refractivity contribution in [2.75, 3.05) is 26.0 Å². The van der Waals surface area contributed by atoms with E-state index in [9.17, 15) is 9.59 Å². The summed E-state index contributed by atoms with van der Waals surface area (Å²) in [5.74, 6) is 0.123. The van der Waals surface area contributed by atoms with E-state index in [1.165, 1.54) is 23.1 Å². The fraction of sp³-hybridized carbons (Fsp3) is 0.562. The Kier molecular flexibility index (Phi) is 6.42. The van der Waals surface area contributed by atoms with Gasteiger partial charge in [-0.3, -0.25) is 14.2 Å². The lowest BCUT2D eigenvalue weighted by Crippen LogP contribution is -2.29. The van der Waals surface area contributed by atoms with Crippen molar-refractivity contribution < 1.29 is 9.53 Å². The van der Waals surface area contributed by atoms with Crippen LogP contribution in [0, 0.1) is 13.8 Å². The van der Waals surface area contributed by atoms with Crippen LogP contribution in [0.1, 0.15) is 30.3 Å². The van der Waals surface area contributed by atoms with Crippen LogP contribution < -0.4 is 10.9 Å². The number of methoxy groups -OCH3 is 1. The number of amides is 1. The highest BCUT2D eigenvalue weighted by Gasteiger charge is 2.19. The van der Waals surface area contributed by atoms with E-state index in [1.807, 2.05) is 27.7 Å². The van der Waals surface area contributed by atoms with E-state index in [0.29, 0.717) is 23.7 Å².